The van der Waals surface area contributed by atoms with Crippen LogP contribution in [0.2, 0.25) is 0 Å². The molecule has 0 aliphatic carbocycles. The van der Waals surface area contributed by atoms with Crippen LogP contribution in [-0.4, -0.2) is 35.3 Å². The number of carbonyl (C=O) groups excluding carboxylic acids is 1. The van der Waals surface area contributed by atoms with Crippen molar-refractivity contribution in [1.29, 1.82) is 0 Å². The molecular weight excluding hydrogens is 338 g/mol. The molecule has 1 amide bonds. The van der Waals surface area contributed by atoms with Crippen LogP contribution in [0.15, 0.2) is 47.0 Å². The van der Waals surface area contributed by atoms with Gasteiger partial charge in [-0.15, -0.1) is 11.3 Å². The second-order valence-electron chi connectivity index (χ2n) is 5.80. The zero-order valence-corrected chi connectivity index (χ0v) is 14.3. The summed E-state index contributed by atoms with van der Waals surface area (Å²) in [5.41, 5.74) is 0.868. The Labute approximate surface area is 148 Å². The molecule has 7 heteroatoms. The summed E-state index contributed by atoms with van der Waals surface area (Å²) in [6.07, 6.45) is 2.20. The molecule has 0 unspecified atom stereocenters. The van der Waals surface area contributed by atoms with Crippen molar-refractivity contribution >= 4 is 17.2 Å². The van der Waals surface area contributed by atoms with Gasteiger partial charge in [-0.2, -0.15) is 4.98 Å². The number of hydrogen-bond donors (Lipinski definition) is 1. The van der Waals surface area contributed by atoms with Crippen LogP contribution in [-0.2, 0) is 4.74 Å². The monoisotopic (exact) mass is 355 g/mol. The minimum atomic E-state index is -0.0986. The SMILES string of the molecule is O=C(NC[C@@H]1CCCO1)c1ccc(-c2noc(-c3ccccc3)n2)s1. The van der Waals surface area contributed by atoms with Crippen LogP contribution >= 0.6 is 11.3 Å². The van der Waals surface area contributed by atoms with Crippen LogP contribution in [0.3, 0.4) is 0 Å². The number of amides is 1. The van der Waals surface area contributed by atoms with Crippen molar-refractivity contribution in [2.45, 2.75) is 18.9 Å². The zero-order chi connectivity index (χ0) is 17.1. The summed E-state index contributed by atoms with van der Waals surface area (Å²) in [4.78, 5) is 18.1. The fraction of sp³-hybridized carbons (Fsp3) is 0.278. The van der Waals surface area contributed by atoms with E-state index >= 15 is 0 Å². The molecule has 3 aromatic rings. The Balaban J connectivity index is 1.44. The van der Waals surface area contributed by atoms with E-state index in [1.807, 2.05) is 36.4 Å². The Morgan fingerprint density at radius 3 is 2.92 bits per heavy atom. The Morgan fingerprint density at radius 2 is 2.12 bits per heavy atom. The number of hydrogen-bond acceptors (Lipinski definition) is 6. The van der Waals surface area contributed by atoms with Gasteiger partial charge in [0.15, 0.2) is 0 Å². The highest BCUT2D eigenvalue weighted by Gasteiger charge is 2.18. The van der Waals surface area contributed by atoms with Gasteiger partial charge in [0.05, 0.1) is 15.9 Å². The number of rotatable bonds is 5. The molecule has 4 rings (SSSR count). The number of ether oxygens (including phenoxy) is 1. The average Bonchev–Trinajstić information content (AvgIpc) is 3.41. The van der Waals surface area contributed by atoms with E-state index in [2.05, 4.69) is 15.5 Å². The molecule has 1 fully saturated rings. The van der Waals surface area contributed by atoms with Gasteiger partial charge in [0.2, 0.25) is 5.82 Å². The molecule has 0 bridgehead atoms. The lowest BCUT2D eigenvalue weighted by atomic mass is 10.2. The molecule has 2 aromatic heterocycles. The van der Waals surface area contributed by atoms with Crippen molar-refractivity contribution in [2.75, 3.05) is 13.2 Å². The fourth-order valence-corrected chi connectivity index (χ4v) is 3.55. The molecule has 1 saturated heterocycles. The smallest absolute Gasteiger partial charge is 0.261 e. The van der Waals surface area contributed by atoms with E-state index < -0.39 is 0 Å². The second kappa shape index (κ2) is 7.16. The molecule has 0 radical (unpaired) electrons. The molecule has 25 heavy (non-hydrogen) atoms. The molecule has 128 valence electrons. The maximum absolute atomic E-state index is 12.3. The highest BCUT2D eigenvalue weighted by atomic mass is 32.1. The van der Waals surface area contributed by atoms with Gasteiger partial charge in [-0.3, -0.25) is 4.79 Å². The van der Waals surface area contributed by atoms with Crippen LogP contribution < -0.4 is 5.32 Å². The second-order valence-corrected chi connectivity index (χ2v) is 6.88. The number of aromatic nitrogens is 2. The minimum absolute atomic E-state index is 0.0986. The molecule has 0 spiro atoms. The minimum Gasteiger partial charge on any atom is -0.376 e. The summed E-state index contributed by atoms with van der Waals surface area (Å²) in [5.74, 6) is 0.856. The van der Waals surface area contributed by atoms with E-state index in [1.54, 1.807) is 6.07 Å². The van der Waals surface area contributed by atoms with E-state index in [0.29, 0.717) is 23.1 Å². The van der Waals surface area contributed by atoms with Crippen LogP contribution in [0, 0.1) is 0 Å². The number of benzene rings is 1. The topological polar surface area (TPSA) is 77.2 Å². The Hall–Kier alpha value is -2.51. The normalized spacial score (nSPS) is 16.9. The Bertz CT molecular complexity index is 853. The van der Waals surface area contributed by atoms with E-state index in [1.165, 1.54) is 11.3 Å². The standard InChI is InChI=1S/C18H17N3O3S/c22-17(19-11-13-7-4-10-23-13)15-9-8-14(25-15)16-20-18(24-21-16)12-5-2-1-3-6-12/h1-3,5-6,8-9,13H,4,7,10-11H2,(H,19,22)/t13-/m0/s1. The summed E-state index contributed by atoms with van der Waals surface area (Å²) in [7, 11) is 0. The first-order valence-corrected chi connectivity index (χ1v) is 9.00. The molecule has 1 atom stereocenters. The Kier molecular flexibility index (Phi) is 4.58. The van der Waals surface area contributed by atoms with Gasteiger partial charge in [-0.25, -0.2) is 0 Å². The molecule has 1 aromatic carbocycles. The van der Waals surface area contributed by atoms with Crippen LogP contribution in [0.5, 0.6) is 0 Å². The lowest BCUT2D eigenvalue weighted by Crippen LogP contribution is -2.31. The number of carbonyl (C=O) groups is 1. The van der Waals surface area contributed by atoms with Crippen LogP contribution in [0.25, 0.3) is 22.2 Å². The fourth-order valence-electron chi connectivity index (χ4n) is 2.70. The average molecular weight is 355 g/mol. The number of thiophene rings is 1. The summed E-state index contributed by atoms with van der Waals surface area (Å²) >= 11 is 1.35. The van der Waals surface area contributed by atoms with Gasteiger partial charge in [-0.05, 0) is 37.1 Å². The van der Waals surface area contributed by atoms with Gasteiger partial charge in [-0.1, -0.05) is 23.4 Å². The molecule has 6 nitrogen and oxygen atoms in total. The maximum Gasteiger partial charge on any atom is 0.261 e. The van der Waals surface area contributed by atoms with Gasteiger partial charge in [0.1, 0.15) is 0 Å². The lowest BCUT2D eigenvalue weighted by Gasteiger charge is -2.09. The van der Waals surface area contributed by atoms with E-state index in [-0.39, 0.29) is 12.0 Å². The largest absolute Gasteiger partial charge is 0.376 e. The third-order valence-corrected chi connectivity index (χ3v) is 5.09. The Morgan fingerprint density at radius 1 is 1.24 bits per heavy atom. The van der Waals surface area contributed by atoms with Gasteiger partial charge < -0.3 is 14.6 Å². The number of nitrogens with one attached hydrogen (secondary N) is 1. The first kappa shape index (κ1) is 16.0. The van der Waals surface area contributed by atoms with E-state index in [0.717, 1.165) is 29.9 Å². The van der Waals surface area contributed by atoms with Crippen molar-refractivity contribution in [3.05, 3.63) is 47.3 Å². The van der Waals surface area contributed by atoms with Crippen molar-refractivity contribution in [3.8, 4) is 22.2 Å². The highest BCUT2D eigenvalue weighted by Crippen LogP contribution is 2.28. The molecule has 1 N–H and O–H groups in total. The predicted molar refractivity (Wildman–Crippen MR) is 94.4 cm³/mol. The molecule has 0 saturated carbocycles. The van der Waals surface area contributed by atoms with Crippen LogP contribution in [0.1, 0.15) is 22.5 Å². The first-order chi connectivity index (χ1) is 12.3. The third kappa shape index (κ3) is 3.62. The van der Waals surface area contributed by atoms with Gasteiger partial charge >= 0.3 is 0 Å². The summed E-state index contributed by atoms with van der Waals surface area (Å²) in [6, 6.07) is 13.2. The highest BCUT2D eigenvalue weighted by molar-refractivity contribution is 7.17. The van der Waals surface area contributed by atoms with Crippen molar-refractivity contribution in [2.24, 2.45) is 0 Å². The molecular formula is C18H17N3O3S. The molecule has 1 aliphatic heterocycles. The summed E-state index contributed by atoms with van der Waals surface area (Å²) in [5, 5.41) is 6.94. The van der Waals surface area contributed by atoms with Gasteiger partial charge in [0.25, 0.3) is 11.8 Å². The molecule has 3 heterocycles. The van der Waals surface area contributed by atoms with Crippen LogP contribution in [0.4, 0.5) is 0 Å². The lowest BCUT2D eigenvalue weighted by molar-refractivity contribution is 0.0861. The van der Waals surface area contributed by atoms with Crippen molar-refractivity contribution in [1.82, 2.24) is 15.5 Å². The quantitative estimate of drug-likeness (QED) is 0.759. The predicted octanol–water partition coefficient (Wildman–Crippen LogP) is 3.37. The van der Waals surface area contributed by atoms with Gasteiger partial charge in [0, 0.05) is 18.7 Å². The van der Waals surface area contributed by atoms with Crippen molar-refractivity contribution in [3.63, 3.8) is 0 Å². The maximum atomic E-state index is 12.3. The summed E-state index contributed by atoms with van der Waals surface area (Å²) in [6.45, 7) is 1.33. The van der Waals surface area contributed by atoms with E-state index in [4.69, 9.17) is 9.26 Å². The number of nitrogens with zero attached hydrogens (tertiary/aromatic N) is 2. The molecule has 1 aliphatic rings. The van der Waals surface area contributed by atoms with E-state index in [9.17, 15) is 4.79 Å². The zero-order valence-electron chi connectivity index (χ0n) is 13.5. The summed E-state index contributed by atoms with van der Waals surface area (Å²) < 4.78 is 10.8. The van der Waals surface area contributed by atoms with Crippen molar-refractivity contribution < 1.29 is 14.1 Å². The first-order valence-electron chi connectivity index (χ1n) is 8.19. The third-order valence-electron chi connectivity index (χ3n) is 4.01.